The molecule has 30 heavy (non-hydrogen) atoms. The van der Waals surface area contributed by atoms with Crippen molar-refractivity contribution in [1.82, 2.24) is 0 Å². The van der Waals surface area contributed by atoms with Crippen LogP contribution in [0.15, 0.2) is 11.6 Å². The lowest BCUT2D eigenvalue weighted by Gasteiger charge is -2.41. The molecule has 1 fully saturated rings. The van der Waals surface area contributed by atoms with Gasteiger partial charge in [-0.3, -0.25) is 4.79 Å². The summed E-state index contributed by atoms with van der Waals surface area (Å²) in [6, 6.07) is -0.759. The predicted octanol–water partition coefficient (Wildman–Crippen LogP) is -0.488. The molecule has 1 saturated heterocycles. The quantitative estimate of drug-likeness (QED) is 0.172. The molecule has 5 unspecified atom stereocenters. The second-order valence-electron chi connectivity index (χ2n) is 9.47. The maximum Gasteiger partial charge on any atom is 0.344 e. The van der Waals surface area contributed by atoms with Gasteiger partial charge in [0, 0.05) is 12.0 Å². The van der Waals surface area contributed by atoms with Crippen LogP contribution in [0.4, 0.5) is 0 Å². The zero-order valence-corrected chi connectivity index (χ0v) is 18.1. The molecule has 172 valence electrons. The zero-order chi connectivity index (χ0) is 23.1. The van der Waals surface area contributed by atoms with Crippen molar-refractivity contribution in [2.24, 2.45) is 0 Å². The first-order chi connectivity index (χ1) is 13.5. The number of ether oxygens (including phenoxy) is 2. The van der Waals surface area contributed by atoms with Crippen molar-refractivity contribution in [3.63, 3.8) is 0 Å². The molecule has 0 aromatic heterocycles. The van der Waals surface area contributed by atoms with Crippen molar-refractivity contribution in [2.75, 3.05) is 19.7 Å². The SMILES string of the molecule is CC(O)C(O)(C(=O)OCC1=CC[N+]2([O-])CCC(OC(=O)CC(C)(C)O)C12)C(C)(C)O. The molecule has 0 aromatic carbocycles. The topological polar surface area (TPSA) is 157 Å². The summed E-state index contributed by atoms with van der Waals surface area (Å²) in [6.45, 7) is 6.45. The Hall–Kier alpha value is -1.56. The van der Waals surface area contributed by atoms with E-state index in [1.807, 2.05) is 0 Å². The van der Waals surface area contributed by atoms with E-state index < -0.39 is 51.6 Å². The number of carbonyl (C=O) groups excluding carboxylic acids is 2. The number of hydrogen-bond donors (Lipinski definition) is 4. The average Bonchev–Trinajstić information content (AvgIpc) is 3.05. The summed E-state index contributed by atoms with van der Waals surface area (Å²) >= 11 is 0. The van der Waals surface area contributed by atoms with Gasteiger partial charge in [-0.1, -0.05) is 0 Å². The minimum atomic E-state index is -2.57. The second-order valence-corrected chi connectivity index (χ2v) is 9.47. The van der Waals surface area contributed by atoms with Crippen LogP contribution in [0.5, 0.6) is 0 Å². The number of fused-ring (bicyclic) bond motifs is 1. The van der Waals surface area contributed by atoms with Crippen LogP contribution in [0.1, 0.15) is 47.5 Å². The molecule has 5 atom stereocenters. The van der Waals surface area contributed by atoms with Gasteiger partial charge < -0.3 is 39.8 Å². The molecular formula is C20H33NO9. The lowest BCUT2D eigenvalue weighted by Crippen LogP contribution is -2.63. The van der Waals surface area contributed by atoms with Gasteiger partial charge in [0.15, 0.2) is 12.1 Å². The van der Waals surface area contributed by atoms with Crippen LogP contribution in [0.2, 0.25) is 0 Å². The molecule has 10 nitrogen and oxygen atoms in total. The highest BCUT2D eigenvalue weighted by Crippen LogP contribution is 2.38. The summed E-state index contributed by atoms with van der Waals surface area (Å²) in [5.41, 5.74) is -5.35. The van der Waals surface area contributed by atoms with Crippen LogP contribution in [0, 0.1) is 5.21 Å². The van der Waals surface area contributed by atoms with Gasteiger partial charge in [-0.2, -0.15) is 0 Å². The smallest absolute Gasteiger partial charge is 0.344 e. The Morgan fingerprint density at radius 1 is 1.27 bits per heavy atom. The normalized spacial score (nSPS) is 29.6. The van der Waals surface area contributed by atoms with Crippen LogP contribution in [-0.4, -0.2) is 91.8 Å². The van der Waals surface area contributed by atoms with E-state index >= 15 is 0 Å². The minimum absolute atomic E-state index is 0.128. The third-order valence-electron chi connectivity index (χ3n) is 5.77. The third-order valence-corrected chi connectivity index (χ3v) is 5.77. The zero-order valence-electron chi connectivity index (χ0n) is 18.1. The van der Waals surface area contributed by atoms with E-state index in [9.17, 15) is 35.2 Å². The Morgan fingerprint density at radius 2 is 1.87 bits per heavy atom. The highest BCUT2D eigenvalue weighted by molar-refractivity contribution is 5.82. The highest BCUT2D eigenvalue weighted by Gasteiger charge is 2.55. The minimum Gasteiger partial charge on any atom is -0.632 e. The van der Waals surface area contributed by atoms with Crippen molar-refractivity contribution in [3.8, 4) is 0 Å². The Labute approximate surface area is 175 Å². The average molecular weight is 431 g/mol. The maximum atomic E-state index is 13.0. The molecule has 0 aliphatic carbocycles. The fourth-order valence-electron chi connectivity index (χ4n) is 4.11. The summed E-state index contributed by atoms with van der Waals surface area (Å²) in [7, 11) is 0. The van der Waals surface area contributed by atoms with Crippen molar-refractivity contribution in [2.45, 2.75) is 82.5 Å². The first kappa shape index (κ1) is 24.7. The number of hydrogen-bond acceptors (Lipinski definition) is 9. The van der Waals surface area contributed by atoms with Gasteiger partial charge in [0.05, 0.1) is 31.2 Å². The highest BCUT2D eigenvalue weighted by atomic mass is 16.6. The molecule has 0 amide bonds. The van der Waals surface area contributed by atoms with Gasteiger partial charge in [0.2, 0.25) is 5.60 Å². The van der Waals surface area contributed by atoms with Crippen molar-refractivity contribution in [1.29, 1.82) is 0 Å². The number of rotatable bonds is 8. The number of aliphatic hydroxyl groups is 4. The monoisotopic (exact) mass is 431 g/mol. The molecule has 2 aliphatic heterocycles. The van der Waals surface area contributed by atoms with E-state index in [1.54, 1.807) is 6.08 Å². The van der Waals surface area contributed by atoms with Crippen molar-refractivity contribution in [3.05, 3.63) is 16.9 Å². The van der Waals surface area contributed by atoms with Gasteiger partial charge in [-0.25, -0.2) is 4.79 Å². The van der Waals surface area contributed by atoms with Gasteiger partial charge in [-0.05, 0) is 40.7 Å². The predicted molar refractivity (Wildman–Crippen MR) is 105 cm³/mol. The first-order valence-electron chi connectivity index (χ1n) is 10.00. The Balaban J connectivity index is 2.10. The molecule has 2 rings (SSSR count). The van der Waals surface area contributed by atoms with Gasteiger partial charge >= 0.3 is 11.9 Å². The molecular weight excluding hydrogens is 398 g/mol. The van der Waals surface area contributed by atoms with Crippen LogP contribution in [-0.2, 0) is 19.1 Å². The van der Waals surface area contributed by atoms with E-state index in [0.29, 0.717) is 12.0 Å². The molecule has 0 spiro atoms. The Morgan fingerprint density at radius 3 is 2.37 bits per heavy atom. The number of esters is 2. The third kappa shape index (κ3) is 4.84. The summed E-state index contributed by atoms with van der Waals surface area (Å²) in [5.74, 6) is -1.86. The second kappa shape index (κ2) is 8.18. The number of aliphatic hydroxyl groups excluding tert-OH is 1. The summed E-state index contributed by atoms with van der Waals surface area (Å²) in [4.78, 5) is 24.6. The fourth-order valence-corrected chi connectivity index (χ4v) is 4.11. The lowest BCUT2D eigenvalue weighted by atomic mass is 9.81. The Kier molecular flexibility index (Phi) is 6.73. The first-order valence-corrected chi connectivity index (χ1v) is 10.00. The molecule has 0 bridgehead atoms. The van der Waals surface area contributed by atoms with Crippen LogP contribution in [0.3, 0.4) is 0 Å². The van der Waals surface area contributed by atoms with Crippen LogP contribution < -0.4 is 0 Å². The largest absolute Gasteiger partial charge is 0.632 e. The number of carbonyl (C=O) groups is 2. The maximum absolute atomic E-state index is 13.0. The van der Waals surface area contributed by atoms with Crippen LogP contribution >= 0.6 is 0 Å². The lowest BCUT2D eigenvalue weighted by molar-refractivity contribution is -0.877. The summed E-state index contributed by atoms with van der Waals surface area (Å²) < 4.78 is 9.96. The van der Waals surface area contributed by atoms with E-state index in [2.05, 4.69) is 0 Å². The van der Waals surface area contributed by atoms with E-state index in [4.69, 9.17) is 9.47 Å². The molecule has 10 heteroatoms. The molecule has 0 radical (unpaired) electrons. The van der Waals surface area contributed by atoms with Gasteiger partial charge in [-0.15, -0.1) is 0 Å². The molecule has 4 N–H and O–H groups in total. The standard InChI is InChI=1S/C20H33NO9/c1-12(22)20(27,19(4,5)26)17(24)29-11-13-6-8-21(28)9-7-14(16(13)21)30-15(23)10-18(2,3)25/h6,12,14,16,22,25-27H,7-11H2,1-5H3. The number of nitrogens with zero attached hydrogens (tertiary/aromatic N) is 1. The summed E-state index contributed by atoms with van der Waals surface area (Å²) in [5, 5.41) is 53.3. The van der Waals surface area contributed by atoms with Crippen molar-refractivity contribution >= 4 is 11.9 Å². The number of quaternary nitrogens is 1. The van der Waals surface area contributed by atoms with E-state index in [0.717, 1.165) is 6.92 Å². The molecule has 2 heterocycles. The summed E-state index contributed by atoms with van der Waals surface area (Å²) in [6.07, 6.45) is -0.616. The Bertz CT molecular complexity index is 706. The molecule has 2 aliphatic rings. The van der Waals surface area contributed by atoms with Crippen LogP contribution in [0.25, 0.3) is 0 Å². The fraction of sp³-hybridized carbons (Fsp3) is 0.800. The number of hydroxylamine groups is 3. The van der Waals surface area contributed by atoms with E-state index in [-0.39, 0.29) is 26.1 Å². The van der Waals surface area contributed by atoms with Gasteiger partial charge in [0.25, 0.3) is 0 Å². The van der Waals surface area contributed by atoms with Gasteiger partial charge in [0.1, 0.15) is 12.2 Å². The van der Waals surface area contributed by atoms with Crippen molar-refractivity contribution < 1.29 is 44.1 Å². The molecule has 0 saturated carbocycles. The van der Waals surface area contributed by atoms with E-state index in [1.165, 1.54) is 27.7 Å². The molecule has 0 aromatic rings.